The zero-order chi connectivity index (χ0) is 18.5. The number of ether oxygens (including phenoxy) is 1. The van der Waals surface area contributed by atoms with Crippen LogP contribution in [0.1, 0.15) is 58.8 Å². The van der Waals surface area contributed by atoms with Crippen LogP contribution in [0.3, 0.4) is 0 Å². The Morgan fingerprint density at radius 2 is 1.96 bits per heavy atom. The molecule has 2 aliphatic heterocycles. The lowest BCUT2D eigenvalue weighted by Crippen LogP contribution is -2.51. The molecule has 0 bridgehead atoms. The highest BCUT2D eigenvalue weighted by Gasteiger charge is 2.42. The van der Waals surface area contributed by atoms with Crippen molar-refractivity contribution < 1.29 is 14.3 Å². The van der Waals surface area contributed by atoms with Gasteiger partial charge in [0.05, 0.1) is 19.1 Å². The number of amides is 1. The highest BCUT2D eigenvalue weighted by molar-refractivity contribution is 5.83. The number of carbonyl (C=O) groups is 2. The predicted molar refractivity (Wildman–Crippen MR) is 101 cm³/mol. The van der Waals surface area contributed by atoms with Crippen LogP contribution in [0.25, 0.3) is 0 Å². The molecule has 2 heterocycles. The lowest BCUT2D eigenvalue weighted by atomic mass is 9.78. The minimum absolute atomic E-state index is 0.0689. The van der Waals surface area contributed by atoms with Crippen LogP contribution in [-0.4, -0.2) is 49.7 Å². The van der Waals surface area contributed by atoms with E-state index in [2.05, 4.69) is 22.9 Å². The highest BCUT2D eigenvalue weighted by Crippen LogP contribution is 2.36. The van der Waals surface area contributed by atoms with E-state index < -0.39 is 0 Å². The minimum Gasteiger partial charge on any atom is -0.466 e. The number of esters is 1. The smallest absolute Gasteiger partial charge is 0.307 e. The molecule has 6 heteroatoms. The zero-order valence-electron chi connectivity index (χ0n) is 16.3. The molecule has 2 saturated heterocycles. The lowest BCUT2D eigenvalue weighted by molar-refractivity contribution is -0.144. The van der Waals surface area contributed by atoms with Gasteiger partial charge in [-0.05, 0) is 69.9 Å². The second-order valence-corrected chi connectivity index (χ2v) is 8.36. The molecule has 0 aromatic rings. The fraction of sp³-hybridized carbons (Fsp3) is 0.900. The van der Waals surface area contributed by atoms with Crippen molar-refractivity contribution in [2.75, 3.05) is 19.7 Å². The van der Waals surface area contributed by atoms with E-state index in [0.29, 0.717) is 30.4 Å². The lowest BCUT2D eigenvalue weighted by Gasteiger charge is -2.32. The van der Waals surface area contributed by atoms with Crippen molar-refractivity contribution in [3.63, 3.8) is 0 Å². The van der Waals surface area contributed by atoms with Gasteiger partial charge >= 0.3 is 5.97 Å². The third-order valence-electron chi connectivity index (χ3n) is 6.58. The van der Waals surface area contributed by atoms with Crippen molar-refractivity contribution in [2.45, 2.75) is 76.9 Å². The molecule has 1 amide bonds. The summed E-state index contributed by atoms with van der Waals surface area (Å²) in [5.41, 5.74) is 0. The van der Waals surface area contributed by atoms with E-state index in [4.69, 9.17) is 4.74 Å². The summed E-state index contributed by atoms with van der Waals surface area (Å²) in [5, 5.41) is 10.2. The summed E-state index contributed by atoms with van der Waals surface area (Å²) in [6.07, 6.45) is 6.95. The molecule has 1 saturated carbocycles. The molecule has 1 aliphatic carbocycles. The Balaban J connectivity index is 1.60. The van der Waals surface area contributed by atoms with E-state index in [1.807, 2.05) is 6.92 Å². The normalized spacial score (nSPS) is 33.3. The van der Waals surface area contributed by atoms with Gasteiger partial charge in [0.15, 0.2) is 0 Å². The van der Waals surface area contributed by atoms with Crippen molar-refractivity contribution in [3.05, 3.63) is 0 Å². The number of nitrogens with one attached hydrogen (secondary N) is 3. The van der Waals surface area contributed by atoms with Crippen molar-refractivity contribution >= 4 is 11.9 Å². The third kappa shape index (κ3) is 4.77. The first-order valence-electron chi connectivity index (χ1n) is 10.5. The Labute approximate surface area is 157 Å². The van der Waals surface area contributed by atoms with E-state index in [1.54, 1.807) is 0 Å². The van der Waals surface area contributed by atoms with Gasteiger partial charge in [-0.1, -0.05) is 13.3 Å². The molecule has 0 spiro atoms. The van der Waals surface area contributed by atoms with E-state index in [0.717, 1.165) is 32.4 Å². The summed E-state index contributed by atoms with van der Waals surface area (Å²) in [7, 11) is 0. The van der Waals surface area contributed by atoms with Gasteiger partial charge in [0.1, 0.15) is 0 Å². The number of hydrogen-bond acceptors (Lipinski definition) is 5. The SMILES string of the molecule is CCOC(=O)CC(NC(=O)C1CC2CCCC(C)C2N1)C1CCNCC1. The third-order valence-corrected chi connectivity index (χ3v) is 6.58. The van der Waals surface area contributed by atoms with Crippen molar-refractivity contribution in [2.24, 2.45) is 17.8 Å². The molecule has 0 radical (unpaired) electrons. The summed E-state index contributed by atoms with van der Waals surface area (Å²) in [4.78, 5) is 25.0. The molecule has 5 unspecified atom stereocenters. The molecule has 0 aromatic carbocycles. The van der Waals surface area contributed by atoms with Gasteiger partial charge in [-0.25, -0.2) is 0 Å². The van der Waals surface area contributed by atoms with Gasteiger partial charge in [-0.2, -0.15) is 0 Å². The molecule has 3 fully saturated rings. The zero-order valence-corrected chi connectivity index (χ0v) is 16.3. The summed E-state index contributed by atoms with van der Waals surface area (Å²) < 4.78 is 5.14. The maximum Gasteiger partial charge on any atom is 0.307 e. The molecular weight excluding hydrogens is 330 g/mol. The van der Waals surface area contributed by atoms with E-state index in [-0.39, 0.29) is 30.4 Å². The second kappa shape index (κ2) is 9.18. The Bertz CT molecular complexity index is 493. The fourth-order valence-electron chi connectivity index (χ4n) is 5.14. The van der Waals surface area contributed by atoms with Crippen LogP contribution < -0.4 is 16.0 Å². The number of hydrogen-bond donors (Lipinski definition) is 3. The van der Waals surface area contributed by atoms with Crippen LogP contribution in [0, 0.1) is 17.8 Å². The maximum atomic E-state index is 12.9. The largest absolute Gasteiger partial charge is 0.466 e. The van der Waals surface area contributed by atoms with Gasteiger partial charge in [0.25, 0.3) is 0 Å². The molecule has 3 N–H and O–H groups in total. The van der Waals surface area contributed by atoms with Crippen LogP contribution >= 0.6 is 0 Å². The quantitative estimate of drug-likeness (QED) is 0.623. The van der Waals surface area contributed by atoms with Gasteiger partial charge in [-0.3, -0.25) is 9.59 Å². The highest BCUT2D eigenvalue weighted by atomic mass is 16.5. The Morgan fingerprint density at radius 1 is 1.19 bits per heavy atom. The molecular formula is C20H35N3O3. The summed E-state index contributed by atoms with van der Waals surface area (Å²) in [5.74, 6) is 1.47. The van der Waals surface area contributed by atoms with Crippen LogP contribution in [0.15, 0.2) is 0 Å². The molecule has 5 atom stereocenters. The van der Waals surface area contributed by atoms with E-state index >= 15 is 0 Å². The van der Waals surface area contributed by atoms with Gasteiger partial charge < -0.3 is 20.7 Å². The fourth-order valence-corrected chi connectivity index (χ4v) is 5.14. The number of piperidine rings is 1. The van der Waals surface area contributed by atoms with Crippen molar-refractivity contribution in [1.29, 1.82) is 0 Å². The molecule has 6 nitrogen and oxygen atoms in total. The van der Waals surface area contributed by atoms with Gasteiger partial charge in [0.2, 0.25) is 5.91 Å². The topological polar surface area (TPSA) is 79.5 Å². The molecule has 3 rings (SSSR count). The van der Waals surface area contributed by atoms with Crippen LogP contribution in [0.2, 0.25) is 0 Å². The van der Waals surface area contributed by atoms with Gasteiger partial charge in [0, 0.05) is 12.1 Å². The van der Waals surface area contributed by atoms with E-state index in [9.17, 15) is 9.59 Å². The maximum absolute atomic E-state index is 12.9. The molecule has 26 heavy (non-hydrogen) atoms. The summed E-state index contributed by atoms with van der Waals surface area (Å²) in [6, 6.07) is 0.240. The first-order chi connectivity index (χ1) is 12.6. The van der Waals surface area contributed by atoms with Crippen molar-refractivity contribution in [1.82, 2.24) is 16.0 Å². The van der Waals surface area contributed by atoms with Crippen LogP contribution in [-0.2, 0) is 14.3 Å². The molecule has 148 valence electrons. The van der Waals surface area contributed by atoms with Crippen LogP contribution in [0.4, 0.5) is 0 Å². The number of rotatable bonds is 6. The predicted octanol–water partition coefficient (Wildman–Crippen LogP) is 1.59. The van der Waals surface area contributed by atoms with E-state index in [1.165, 1.54) is 19.3 Å². The summed E-state index contributed by atoms with van der Waals surface area (Å²) in [6.45, 7) is 6.40. The minimum atomic E-state index is -0.210. The summed E-state index contributed by atoms with van der Waals surface area (Å²) >= 11 is 0. The monoisotopic (exact) mass is 365 g/mol. The average Bonchev–Trinajstić information content (AvgIpc) is 3.08. The Hall–Kier alpha value is -1.14. The van der Waals surface area contributed by atoms with Crippen LogP contribution in [0.5, 0.6) is 0 Å². The number of carbonyl (C=O) groups excluding carboxylic acids is 2. The Morgan fingerprint density at radius 3 is 2.65 bits per heavy atom. The van der Waals surface area contributed by atoms with Gasteiger partial charge in [-0.15, -0.1) is 0 Å². The standard InChI is InChI=1S/C20H35N3O3/c1-3-26-18(24)12-16(14-7-9-21-10-8-14)23-20(25)17-11-15-6-4-5-13(2)19(15)22-17/h13-17,19,21-22H,3-12H2,1-2H3,(H,23,25). The van der Waals surface area contributed by atoms with Crippen molar-refractivity contribution in [3.8, 4) is 0 Å². The average molecular weight is 366 g/mol. The first kappa shape index (κ1) is 19.6. The first-order valence-corrected chi connectivity index (χ1v) is 10.5. The molecule has 0 aromatic heterocycles. The second-order valence-electron chi connectivity index (χ2n) is 8.36. The molecule has 3 aliphatic rings. The Kier molecular flexibility index (Phi) is 6.92. The number of fused-ring (bicyclic) bond motifs is 1.